The second-order valence-electron chi connectivity index (χ2n) is 8.26. The lowest BCUT2D eigenvalue weighted by molar-refractivity contribution is 0.0917. The van der Waals surface area contributed by atoms with Crippen LogP contribution in [0.5, 0.6) is 0 Å². The van der Waals surface area contributed by atoms with Gasteiger partial charge < -0.3 is 20.4 Å². The van der Waals surface area contributed by atoms with Crippen LogP contribution < -0.4 is 21.7 Å². The third-order valence-corrected chi connectivity index (χ3v) is 5.87. The number of carbonyl (C=O) groups excluding carboxylic acids is 1. The first-order chi connectivity index (χ1) is 16.0. The van der Waals surface area contributed by atoms with E-state index >= 15 is 0 Å². The van der Waals surface area contributed by atoms with Gasteiger partial charge in [0.15, 0.2) is 5.58 Å². The molecule has 168 valence electrons. The number of hydrogen-bond acceptors (Lipinski definition) is 7. The van der Waals surface area contributed by atoms with Crippen LogP contribution in [0.1, 0.15) is 35.2 Å². The fraction of sp³-hybridized carbons (Fsp3) is 0.250. The third kappa shape index (κ3) is 4.30. The smallest absolute Gasteiger partial charge is 0.408 e. The van der Waals surface area contributed by atoms with Crippen molar-refractivity contribution in [1.29, 1.82) is 0 Å². The van der Waals surface area contributed by atoms with E-state index in [0.717, 1.165) is 29.8 Å². The number of oxazole rings is 1. The third-order valence-electron chi connectivity index (χ3n) is 5.87. The average molecular weight is 444 g/mol. The first-order valence-corrected chi connectivity index (χ1v) is 10.8. The lowest BCUT2D eigenvalue weighted by Gasteiger charge is -2.26. The minimum atomic E-state index is -0.404. The maximum atomic E-state index is 12.3. The molecule has 4 aromatic rings. The van der Waals surface area contributed by atoms with E-state index in [1.807, 2.05) is 31.2 Å². The van der Waals surface area contributed by atoms with Gasteiger partial charge in [0.05, 0.1) is 5.52 Å². The van der Waals surface area contributed by atoms with Crippen LogP contribution in [-0.2, 0) is 7.05 Å². The summed E-state index contributed by atoms with van der Waals surface area (Å²) in [6.45, 7) is 1.91. The minimum Gasteiger partial charge on any atom is -0.408 e. The fourth-order valence-corrected chi connectivity index (χ4v) is 3.63. The summed E-state index contributed by atoms with van der Waals surface area (Å²) in [5.41, 5.74) is 4.26. The van der Waals surface area contributed by atoms with E-state index in [-0.39, 0.29) is 5.91 Å². The Morgan fingerprint density at radius 1 is 1.09 bits per heavy atom. The van der Waals surface area contributed by atoms with Gasteiger partial charge in [-0.2, -0.15) is 4.98 Å². The summed E-state index contributed by atoms with van der Waals surface area (Å²) in [7, 11) is 1.66. The summed E-state index contributed by atoms with van der Waals surface area (Å²) < 4.78 is 6.64. The van der Waals surface area contributed by atoms with Crippen molar-refractivity contribution in [1.82, 2.24) is 19.9 Å². The number of fused-ring (bicyclic) bond motifs is 1. The zero-order valence-corrected chi connectivity index (χ0v) is 18.4. The number of aryl methyl sites for hydroxylation is 2. The molecule has 5 rings (SSSR count). The van der Waals surface area contributed by atoms with E-state index in [2.05, 4.69) is 25.9 Å². The van der Waals surface area contributed by atoms with Gasteiger partial charge in [0.1, 0.15) is 5.82 Å². The Morgan fingerprint density at radius 2 is 1.85 bits per heavy atom. The van der Waals surface area contributed by atoms with Crippen LogP contribution in [0.25, 0.3) is 11.1 Å². The summed E-state index contributed by atoms with van der Waals surface area (Å²) in [6.07, 6.45) is 5.02. The zero-order valence-electron chi connectivity index (χ0n) is 18.4. The second-order valence-corrected chi connectivity index (χ2v) is 8.26. The van der Waals surface area contributed by atoms with Gasteiger partial charge >= 0.3 is 5.76 Å². The molecule has 0 bridgehead atoms. The van der Waals surface area contributed by atoms with Gasteiger partial charge in [0.25, 0.3) is 5.91 Å². The molecule has 3 N–H and O–H groups in total. The van der Waals surface area contributed by atoms with Crippen LogP contribution in [0.4, 0.5) is 23.1 Å². The molecule has 9 heteroatoms. The highest BCUT2D eigenvalue weighted by molar-refractivity contribution is 5.94. The van der Waals surface area contributed by atoms with Gasteiger partial charge in [-0.15, -0.1) is 0 Å². The molecule has 1 aliphatic carbocycles. The molecule has 9 nitrogen and oxygen atoms in total. The lowest BCUT2D eigenvalue weighted by Crippen LogP contribution is -2.39. The Labute approximate surface area is 189 Å². The van der Waals surface area contributed by atoms with Gasteiger partial charge in [0.2, 0.25) is 5.95 Å². The molecule has 2 aromatic heterocycles. The molecule has 2 aromatic carbocycles. The molecular formula is C24H24N6O3. The van der Waals surface area contributed by atoms with E-state index < -0.39 is 5.76 Å². The number of amides is 1. The Hall–Kier alpha value is -4.14. The van der Waals surface area contributed by atoms with Crippen molar-refractivity contribution in [2.24, 2.45) is 7.05 Å². The van der Waals surface area contributed by atoms with Crippen LogP contribution in [0.3, 0.4) is 0 Å². The summed E-state index contributed by atoms with van der Waals surface area (Å²) in [5, 5.41) is 9.49. The number of carbonyl (C=O) groups is 1. The highest BCUT2D eigenvalue weighted by Gasteiger charge is 2.20. The summed E-state index contributed by atoms with van der Waals surface area (Å²) in [5.74, 6) is 0.609. The molecule has 0 spiro atoms. The van der Waals surface area contributed by atoms with E-state index in [1.54, 1.807) is 31.4 Å². The number of hydrogen-bond donors (Lipinski definition) is 3. The van der Waals surface area contributed by atoms with Crippen LogP contribution in [0.15, 0.2) is 57.9 Å². The normalized spacial score (nSPS) is 13.5. The molecule has 33 heavy (non-hydrogen) atoms. The average Bonchev–Trinajstić information content (AvgIpc) is 3.07. The molecule has 0 saturated heterocycles. The predicted molar refractivity (Wildman–Crippen MR) is 126 cm³/mol. The highest BCUT2D eigenvalue weighted by Crippen LogP contribution is 2.24. The summed E-state index contributed by atoms with van der Waals surface area (Å²) in [6, 6.07) is 13.0. The summed E-state index contributed by atoms with van der Waals surface area (Å²) >= 11 is 0. The van der Waals surface area contributed by atoms with Crippen LogP contribution in [0.2, 0.25) is 0 Å². The highest BCUT2D eigenvalue weighted by atomic mass is 16.4. The number of nitrogens with one attached hydrogen (secondary N) is 3. The Kier molecular flexibility index (Phi) is 5.29. The molecule has 1 aliphatic rings. The Bertz CT molecular complexity index is 1390. The SMILES string of the molecule is Cc1cnc(Nc2ccc(C(=O)NC3CCC3)cc2)nc1Nc1ccc2oc(=O)n(C)c2c1. The molecule has 2 heterocycles. The van der Waals surface area contributed by atoms with Crippen molar-refractivity contribution in [3.8, 4) is 0 Å². The van der Waals surface area contributed by atoms with Crippen molar-refractivity contribution in [3.05, 3.63) is 70.3 Å². The molecule has 1 saturated carbocycles. The maximum absolute atomic E-state index is 12.3. The number of benzene rings is 2. The number of nitrogens with zero attached hydrogens (tertiary/aromatic N) is 3. The van der Waals surface area contributed by atoms with E-state index in [0.29, 0.717) is 34.5 Å². The topological polar surface area (TPSA) is 114 Å². The van der Waals surface area contributed by atoms with Crippen molar-refractivity contribution in [2.75, 3.05) is 10.6 Å². The van der Waals surface area contributed by atoms with Gasteiger partial charge in [-0.3, -0.25) is 9.36 Å². The lowest BCUT2D eigenvalue weighted by atomic mass is 9.93. The van der Waals surface area contributed by atoms with Crippen molar-refractivity contribution >= 4 is 40.1 Å². The maximum Gasteiger partial charge on any atom is 0.419 e. The Balaban J connectivity index is 1.31. The monoisotopic (exact) mass is 444 g/mol. The zero-order chi connectivity index (χ0) is 22.9. The molecule has 0 unspecified atom stereocenters. The molecule has 0 radical (unpaired) electrons. The number of rotatable bonds is 6. The minimum absolute atomic E-state index is 0.0450. The van der Waals surface area contributed by atoms with Crippen LogP contribution in [0, 0.1) is 6.92 Å². The van der Waals surface area contributed by atoms with Gasteiger partial charge in [-0.05, 0) is 68.7 Å². The van der Waals surface area contributed by atoms with Crippen LogP contribution in [-0.4, -0.2) is 26.5 Å². The van der Waals surface area contributed by atoms with Gasteiger partial charge in [-0.1, -0.05) is 0 Å². The van der Waals surface area contributed by atoms with E-state index in [4.69, 9.17) is 4.42 Å². The first-order valence-electron chi connectivity index (χ1n) is 10.8. The molecule has 1 amide bonds. The van der Waals surface area contributed by atoms with Gasteiger partial charge in [-0.25, -0.2) is 9.78 Å². The van der Waals surface area contributed by atoms with E-state index in [1.165, 1.54) is 11.0 Å². The van der Waals surface area contributed by atoms with Crippen LogP contribution >= 0.6 is 0 Å². The second kappa shape index (κ2) is 8.42. The van der Waals surface area contributed by atoms with Crippen molar-refractivity contribution in [3.63, 3.8) is 0 Å². The standard InChI is InChI=1S/C24H24N6O3/c1-14-13-25-23(28-17-8-6-15(7-9-17)22(31)27-16-4-3-5-16)29-21(14)26-18-10-11-20-19(12-18)30(2)24(32)33-20/h6-13,16H,3-5H2,1-2H3,(H,27,31)(H2,25,26,28,29). The molecule has 0 atom stereocenters. The largest absolute Gasteiger partial charge is 0.419 e. The Morgan fingerprint density at radius 3 is 2.58 bits per heavy atom. The number of aromatic nitrogens is 3. The fourth-order valence-electron chi connectivity index (χ4n) is 3.63. The molecule has 1 fully saturated rings. The predicted octanol–water partition coefficient (Wildman–Crippen LogP) is 4.00. The molecular weight excluding hydrogens is 420 g/mol. The quantitative estimate of drug-likeness (QED) is 0.412. The van der Waals surface area contributed by atoms with Crippen molar-refractivity contribution < 1.29 is 9.21 Å². The number of anilines is 4. The first kappa shape index (κ1) is 20.7. The van der Waals surface area contributed by atoms with E-state index in [9.17, 15) is 9.59 Å². The van der Waals surface area contributed by atoms with Crippen molar-refractivity contribution in [2.45, 2.75) is 32.2 Å². The molecule has 0 aliphatic heterocycles. The summed E-state index contributed by atoms with van der Waals surface area (Å²) in [4.78, 5) is 33.0. The van der Waals surface area contributed by atoms with Gasteiger partial charge in [0, 0.05) is 41.8 Å².